The van der Waals surface area contributed by atoms with E-state index in [1.54, 1.807) is 40.1 Å². The number of thioether (sulfide) groups is 1. The number of anilines is 1. The maximum atomic E-state index is 13.3. The lowest BCUT2D eigenvalue weighted by molar-refractivity contribution is 0.0980. The third-order valence-electron chi connectivity index (χ3n) is 3.77. The Bertz CT molecular complexity index is 912. The fraction of sp³-hybridized carbons (Fsp3) is 0.167. The second kappa shape index (κ2) is 8.01. The summed E-state index contributed by atoms with van der Waals surface area (Å²) in [7, 11) is 0. The molecule has 0 N–H and O–H groups in total. The van der Waals surface area contributed by atoms with Crippen LogP contribution in [0.25, 0.3) is 5.69 Å². The van der Waals surface area contributed by atoms with Gasteiger partial charge in [0.15, 0.2) is 5.16 Å². The van der Waals surface area contributed by atoms with Gasteiger partial charge in [0.25, 0.3) is 5.91 Å². The molecule has 0 radical (unpaired) electrons. The maximum absolute atomic E-state index is 13.3. The second-order valence-electron chi connectivity index (χ2n) is 5.33. The number of aromatic nitrogens is 3. The molecule has 2 aromatic heterocycles. The number of benzene rings is 1. The Balaban J connectivity index is 2.05. The fourth-order valence-electron chi connectivity index (χ4n) is 2.55. The molecule has 0 aliphatic carbocycles. The van der Waals surface area contributed by atoms with E-state index >= 15 is 0 Å². The molecule has 1 aromatic carbocycles. The van der Waals surface area contributed by atoms with Gasteiger partial charge in [-0.05, 0) is 65.5 Å². The maximum Gasteiger partial charge on any atom is 0.278 e. The fourth-order valence-corrected chi connectivity index (χ4v) is 3.32. The lowest BCUT2D eigenvalue weighted by Crippen LogP contribution is -2.32. The van der Waals surface area contributed by atoms with E-state index in [2.05, 4.69) is 25.9 Å². The van der Waals surface area contributed by atoms with Crippen molar-refractivity contribution in [3.05, 3.63) is 64.8 Å². The molecule has 1 amide bonds. The van der Waals surface area contributed by atoms with E-state index in [1.165, 1.54) is 23.9 Å². The van der Waals surface area contributed by atoms with Gasteiger partial charge in [0.05, 0.1) is 6.20 Å². The molecule has 134 valence electrons. The SMILES string of the molecule is CCN(C(=O)c1cnc(SC)n1-c1ccc(F)cc1)c1ccc(Br)cn1. The highest BCUT2D eigenvalue weighted by Gasteiger charge is 2.23. The van der Waals surface area contributed by atoms with Crippen molar-refractivity contribution in [3.63, 3.8) is 0 Å². The molecule has 0 saturated heterocycles. The Hall–Kier alpha value is -2.19. The van der Waals surface area contributed by atoms with Crippen LogP contribution >= 0.6 is 27.7 Å². The van der Waals surface area contributed by atoms with Gasteiger partial charge in [-0.15, -0.1) is 0 Å². The van der Waals surface area contributed by atoms with Gasteiger partial charge in [0.2, 0.25) is 0 Å². The Kier molecular flexibility index (Phi) is 5.73. The highest BCUT2D eigenvalue weighted by Crippen LogP contribution is 2.24. The summed E-state index contributed by atoms with van der Waals surface area (Å²) in [5, 5.41) is 0.653. The van der Waals surface area contributed by atoms with E-state index in [4.69, 9.17) is 0 Å². The average molecular weight is 435 g/mol. The van der Waals surface area contributed by atoms with E-state index < -0.39 is 0 Å². The number of halogens is 2. The van der Waals surface area contributed by atoms with Crippen LogP contribution in [0.5, 0.6) is 0 Å². The minimum Gasteiger partial charge on any atom is -0.292 e. The summed E-state index contributed by atoms with van der Waals surface area (Å²) in [6.45, 7) is 2.34. The van der Waals surface area contributed by atoms with Crippen LogP contribution in [0.15, 0.2) is 58.4 Å². The van der Waals surface area contributed by atoms with E-state index in [0.717, 1.165) is 4.47 Å². The van der Waals surface area contributed by atoms with Crippen LogP contribution in [0.2, 0.25) is 0 Å². The molecule has 2 heterocycles. The second-order valence-corrected chi connectivity index (χ2v) is 7.02. The molecule has 0 unspecified atom stereocenters. The van der Waals surface area contributed by atoms with Gasteiger partial charge < -0.3 is 0 Å². The summed E-state index contributed by atoms with van der Waals surface area (Å²) >= 11 is 4.76. The van der Waals surface area contributed by atoms with Crippen molar-refractivity contribution in [3.8, 4) is 5.69 Å². The molecule has 3 rings (SSSR count). The van der Waals surface area contributed by atoms with Gasteiger partial charge in [0.1, 0.15) is 17.3 Å². The zero-order valence-electron chi connectivity index (χ0n) is 14.2. The monoisotopic (exact) mass is 434 g/mol. The highest BCUT2D eigenvalue weighted by molar-refractivity contribution is 9.10. The quantitative estimate of drug-likeness (QED) is 0.552. The summed E-state index contributed by atoms with van der Waals surface area (Å²) in [4.78, 5) is 23.4. The molecule has 26 heavy (non-hydrogen) atoms. The minimum atomic E-state index is -0.332. The van der Waals surface area contributed by atoms with E-state index in [-0.39, 0.29) is 11.7 Å². The van der Waals surface area contributed by atoms with Gasteiger partial charge in [-0.25, -0.2) is 14.4 Å². The van der Waals surface area contributed by atoms with E-state index in [9.17, 15) is 9.18 Å². The summed E-state index contributed by atoms with van der Waals surface area (Å²) in [6, 6.07) is 9.59. The third kappa shape index (κ3) is 3.66. The number of carbonyl (C=O) groups is 1. The standard InChI is InChI=1S/C18H16BrFN4OS/c1-3-23(16-9-4-12(19)10-21-16)17(25)15-11-22-18(26-2)24(15)14-7-5-13(20)6-8-14/h4-11H,3H2,1-2H3. The number of imidazole rings is 1. The first-order valence-electron chi connectivity index (χ1n) is 7.86. The predicted molar refractivity (Wildman–Crippen MR) is 105 cm³/mol. The van der Waals surface area contributed by atoms with Crippen LogP contribution < -0.4 is 4.90 Å². The van der Waals surface area contributed by atoms with Gasteiger partial charge in [-0.2, -0.15) is 0 Å². The third-order valence-corrected chi connectivity index (χ3v) is 4.89. The molecular weight excluding hydrogens is 419 g/mol. The number of pyridine rings is 1. The number of nitrogens with zero attached hydrogens (tertiary/aromatic N) is 4. The summed E-state index contributed by atoms with van der Waals surface area (Å²) in [6.07, 6.45) is 5.07. The lowest BCUT2D eigenvalue weighted by atomic mass is 10.3. The van der Waals surface area contributed by atoms with Crippen molar-refractivity contribution in [2.75, 3.05) is 17.7 Å². The van der Waals surface area contributed by atoms with Crippen molar-refractivity contribution in [2.24, 2.45) is 0 Å². The smallest absolute Gasteiger partial charge is 0.278 e. The van der Waals surface area contributed by atoms with Crippen LogP contribution in [-0.4, -0.2) is 33.2 Å². The minimum absolute atomic E-state index is 0.223. The first-order valence-corrected chi connectivity index (χ1v) is 9.88. The van der Waals surface area contributed by atoms with Crippen molar-refractivity contribution < 1.29 is 9.18 Å². The number of hydrogen-bond acceptors (Lipinski definition) is 4. The van der Waals surface area contributed by atoms with Crippen molar-refractivity contribution >= 4 is 39.4 Å². The number of hydrogen-bond donors (Lipinski definition) is 0. The summed E-state index contributed by atoms with van der Waals surface area (Å²) < 4.78 is 15.9. The molecule has 3 aromatic rings. The molecule has 5 nitrogen and oxygen atoms in total. The first-order chi connectivity index (χ1) is 12.5. The van der Waals surface area contributed by atoms with E-state index in [0.29, 0.717) is 28.9 Å². The van der Waals surface area contributed by atoms with Crippen molar-refractivity contribution in [2.45, 2.75) is 12.1 Å². The van der Waals surface area contributed by atoms with Crippen LogP contribution in [0.3, 0.4) is 0 Å². The summed E-state index contributed by atoms with van der Waals surface area (Å²) in [5.74, 6) is -0.000560. The predicted octanol–water partition coefficient (Wildman–Crippen LogP) is 4.56. The van der Waals surface area contributed by atoms with Crippen LogP contribution in [0.1, 0.15) is 17.4 Å². The Morgan fingerprint density at radius 2 is 1.92 bits per heavy atom. The lowest BCUT2D eigenvalue weighted by Gasteiger charge is -2.21. The Morgan fingerprint density at radius 1 is 1.19 bits per heavy atom. The van der Waals surface area contributed by atoms with Gasteiger partial charge in [-0.3, -0.25) is 14.3 Å². The largest absolute Gasteiger partial charge is 0.292 e. The number of rotatable bonds is 5. The molecule has 0 bridgehead atoms. The van der Waals surface area contributed by atoms with Crippen LogP contribution in [-0.2, 0) is 0 Å². The van der Waals surface area contributed by atoms with Gasteiger partial charge in [-0.1, -0.05) is 11.8 Å². The molecule has 0 atom stereocenters. The summed E-state index contributed by atoms with van der Waals surface area (Å²) in [5.41, 5.74) is 1.07. The van der Waals surface area contributed by atoms with Crippen molar-refractivity contribution in [1.29, 1.82) is 0 Å². The van der Waals surface area contributed by atoms with Crippen LogP contribution in [0.4, 0.5) is 10.2 Å². The molecule has 0 aliphatic heterocycles. The molecule has 0 spiro atoms. The Morgan fingerprint density at radius 3 is 2.50 bits per heavy atom. The zero-order valence-corrected chi connectivity index (χ0v) is 16.6. The van der Waals surface area contributed by atoms with Crippen molar-refractivity contribution in [1.82, 2.24) is 14.5 Å². The molecule has 0 fully saturated rings. The number of carbonyl (C=O) groups excluding carboxylic acids is 1. The van der Waals surface area contributed by atoms with Gasteiger partial charge >= 0.3 is 0 Å². The van der Waals surface area contributed by atoms with Gasteiger partial charge in [0, 0.05) is 22.9 Å². The molecular formula is C18H16BrFN4OS. The first kappa shape index (κ1) is 18.6. The topological polar surface area (TPSA) is 51.0 Å². The average Bonchev–Trinajstić information content (AvgIpc) is 3.08. The molecule has 8 heteroatoms. The number of amides is 1. The van der Waals surface area contributed by atoms with E-state index in [1.807, 2.05) is 19.2 Å². The Labute approximate surface area is 163 Å². The zero-order chi connectivity index (χ0) is 18.7. The molecule has 0 saturated carbocycles. The molecule has 0 aliphatic rings. The van der Waals surface area contributed by atoms with Crippen LogP contribution in [0, 0.1) is 5.82 Å². The normalized spacial score (nSPS) is 10.8. The highest BCUT2D eigenvalue weighted by atomic mass is 79.9.